The van der Waals surface area contributed by atoms with Gasteiger partial charge in [-0.05, 0) is 49.4 Å². The van der Waals surface area contributed by atoms with Gasteiger partial charge in [0.05, 0.1) is 6.61 Å². The molecule has 0 N–H and O–H groups in total. The van der Waals surface area contributed by atoms with Gasteiger partial charge in [0.1, 0.15) is 5.82 Å². The number of carbonyl (C=O) groups is 2. The number of carbonyl (C=O) groups excluding carboxylic acids is 2. The maximum absolute atomic E-state index is 12.9. The van der Waals surface area contributed by atoms with Crippen LogP contribution in [0, 0.1) is 12.7 Å². The van der Waals surface area contributed by atoms with E-state index in [1.807, 2.05) is 0 Å². The highest BCUT2D eigenvalue weighted by Gasteiger charge is 2.16. The fourth-order valence-corrected chi connectivity index (χ4v) is 1.75. The van der Waals surface area contributed by atoms with Crippen molar-refractivity contribution >= 4 is 22.8 Å². The summed E-state index contributed by atoms with van der Waals surface area (Å²) in [6.07, 6.45) is 0. The third kappa shape index (κ3) is 3.34. The van der Waals surface area contributed by atoms with Gasteiger partial charge in [-0.1, -0.05) is 0 Å². The predicted molar refractivity (Wildman–Crippen MR) is 58.6 cm³/mol. The van der Waals surface area contributed by atoms with Gasteiger partial charge in [0, 0.05) is 4.90 Å². The third-order valence-corrected chi connectivity index (χ3v) is 2.62. The molecular formula is C11H11FO3S. The average molecular weight is 242 g/mol. The lowest BCUT2D eigenvalue weighted by Gasteiger charge is -2.02. The standard InChI is InChI=1S/C11H11FO3S/c1-3-15-10(13)11(14)16-8-4-5-9(12)7(2)6-8/h4-6H,3H2,1-2H3. The number of rotatable bonds is 2. The Morgan fingerprint density at radius 2 is 2.12 bits per heavy atom. The van der Waals surface area contributed by atoms with Crippen molar-refractivity contribution in [3.05, 3.63) is 29.6 Å². The van der Waals surface area contributed by atoms with Crippen molar-refractivity contribution in [1.29, 1.82) is 0 Å². The Hall–Kier alpha value is -1.36. The Morgan fingerprint density at radius 1 is 1.44 bits per heavy atom. The van der Waals surface area contributed by atoms with E-state index in [1.54, 1.807) is 13.8 Å². The first-order valence-corrected chi connectivity index (χ1v) is 5.51. The summed E-state index contributed by atoms with van der Waals surface area (Å²) in [7, 11) is 0. The van der Waals surface area contributed by atoms with Gasteiger partial charge in [0.15, 0.2) is 0 Å². The topological polar surface area (TPSA) is 43.4 Å². The number of benzene rings is 1. The molecule has 1 rings (SSSR count). The molecule has 0 saturated carbocycles. The number of hydrogen-bond acceptors (Lipinski definition) is 4. The number of hydrogen-bond donors (Lipinski definition) is 0. The van der Waals surface area contributed by atoms with Gasteiger partial charge < -0.3 is 4.74 Å². The Bertz CT molecular complexity index is 418. The molecule has 0 fully saturated rings. The molecule has 1 aromatic rings. The Balaban J connectivity index is 2.70. The zero-order valence-corrected chi connectivity index (χ0v) is 9.77. The monoisotopic (exact) mass is 242 g/mol. The molecule has 3 nitrogen and oxygen atoms in total. The highest BCUT2D eigenvalue weighted by Crippen LogP contribution is 2.21. The van der Waals surface area contributed by atoms with E-state index >= 15 is 0 Å². The molecule has 0 aliphatic heterocycles. The fraction of sp³-hybridized carbons (Fsp3) is 0.273. The quantitative estimate of drug-likeness (QED) is 0.453. The number of ether oxygens (including phenoxy) is 1. The average Bonchev–Trinajstić information content (AvgIpc) is 2.24. The summed E-state index contributed by atoms with van der Waals surface area (Å²) in [6.45, 7) is 3.37. The molecule has 0 unspecified atom stereocenters. The summed E-state index contributed by atoms with van der Waals surface area (Å²) >= 11 is 0.734. The summed E-state index contributed by atoms with van der Waals surface area (Å²) < 4.78 is 17.5. The van der Waals surface area contributed by atoms with Gasteiger partial charge in [-0.2, -0.15) is 0 Å². The minimum absolute atomic E-state index is 0.160. The third-order valence-electron chi connectivity index (χ3n) is 1.78. The molecule has 0 aliphatic rings. The Kier molecular flexibility index (Phi) is 4.49. The van der Waals surface area contributed by atoms with Crippen molar-refractivity contribution in [2.24, 2.45) is 0 Å². The number of aryl methyl sites for hydroxylation is 1. The minimum atomic E-state index is -0.880. The summed E-state index contributed by atoms with van der Waals surface area (Å²) in [5.41, 5.74) is 0.432. The summed E-state index contributed by atoms with van der Waals surface area (Å²) in [4.78, 5) is 22.9. The Morgan fingerprint density at radius 3 is 2.69 bits per heavy atom. The van der Waals surface area contributed by atoms with Crippen molar-refractivity contribution in [2.75, 3.05) is 6.61 Å². The lowest BCUT2D eigenvalue weighted by molar-refractivity contribution is -0.149. The van der Waals surface area contributed by atoms with E-state index in [1.165, 1.54) is 18.2 Å². The largest absolute Gasteiger partial charge is 0.460 e. The van der Waals surface area contributed by atoms with Crippen LogP contribution in [0.2, 0.25) is 0 Å². The lowest BCUT2D eigenvalue weighted by atomic mass is 10.2. The van der Waals surface area contributed by atoms with E-state index in [0.717, 1.165) is 11.8 Å². The molecule has 1 aromatic carbocycles. The van der Waals surface area contributed by atoms with Crippen LogP contribution in [0.3, 0.4) is 0 Å². The first-order valence-electron chi connectivity index (χ1n) is 4.69. The zero-order valence-electron chi connectivity index (χ0n) is 8.95. The summed E-state index contributed by atoms with van der Waals surface area (Å²) in [5.74, 6) is -1.22. The van der Waals surface area contributed by atoms with Crippen LogP contribution in [-0.4, -0.2) is 17.7 Å². The molecule has 0 spiro atoms. The van der Waals surface area contributed by atoms with Crippen molar-refractivity contribution in [3.63, 3.8) is 0 Å². The van der Waals surface area contributed by atoms with Crippen molar-refractivity contribution < 1.29 is 18.7 Å². The van der Waals surface area contributed by atoms with E-state index in [9.17, 15) is 14.0 Å². The fourth-order valence-electron chi connectivity index (χ4n) is 1.02. The highest BCUT2D eigenvalue weighted by atomic mass is 32.2. The molecular weight excluding hydrogens is 231 g/mol. The van der Waals surface area contributed by atoms with E-state index in [0.29, 0.717) is 10.5 Å². The van der Waals surface area contributed by atoms with E-state index < -0.39 is 11.1 Å². The van der Waals surface area contributed by atoms with Crippen molar-refractivity contribution in [2.45, 2.75) is 18.7 Å². The molecule has 5 heteroatoms. The molecule has 0 atom stereocenters. The predicted octanol–water partition coefficient (Wildman–Crippen LogP) is 2.32. The second kappa shape index (κ2) is 5.65. The molecule has 0 saturated heterocycles. The molecule has 16 heavy (non-hydrogen) atoms. The van der Waals surface area contributed by atoms with Gasteiger partial charge >= 0.3 is 11.1 Å². The summed E-state index contributed by atoms with van der Waals surface area (Å²) in [5, 5.41) is -0.701. The first-order chi connectivity index (χ1) is 7.54. The van der Waals surface area contributed by atoms with Gasteiger partial charge in [0.2, 0.25) is 0 Å². The molecule has 86 valence electrons. The summed E-state index contributed by atoms with van der Waals surface area (Å²) in [6, 6.07) is 4.22. The number of halogens is 1. The molecule has 0 heterocycles. The van der Waals surface area contributed by atoms with Crippen LogP contribution in [0.15, 0.2) is 23.1 Å². The normalized spacial score (nSPS) is 9.94. The van der Waals surface area contributed by atoms with Crippen molar-refractivity contribution in [3.8, 4) is 0 Å². The van der Waals surface area contributed by atoms with Gasteiger partial charge in [0.25, 0.3) is 0 Å². The smallest absolute Gasteiger partial charge is 0.386 e. The first kappa shape index (κ1) is 12.7. The number of esters is 1. The maximum Gasteiger partial charge on any atom is 0.386 e. The van der Waals surface area contributed by atoms with Crippen LogP contribution in [-0.2, 0) is 14.3 Å². The van der Waals surface area contributed by atoms with E-state index in [4.69, 9.17) is 0 Å². The Labute approximate surface area is 97.0 Å². The number of thioether (sulfide) groups is 1. The SMILES string of the molecule is CCOC(=O)C(=O)Sc1ccc(F)c(C)c1. The van der Waals surface area contributed by atoms with Gasteiger partial charge in [-0.3, -0.25) is 4.79 Å². The molecule has 0 bridgehead atoms. The molecule has 0 aromatic heterocycles. The van der Waals surface area contributed by atoms with Crippen LogP contribution in [0.5, 0.6) is 0 Å². The second-order valence-electron chi connectivity index (χ2n) is 3.02. The zero-order chi connectivity index (χ0) is 12.1. The molecule has 0 radical (unpaired) electrons. The molecule has 0 amide bonds. The van der Waals surface area contributed by atoms with Gasteiger partial charge in [-0.15, -0.1) is 0 Å². The van der Waals surface area contributed by atoms with Crippen LogP contribution in [0.1, 0.15) is 12.5 Å². The van der Waals surface area contributed by atoms with Crippen LogP contribution < -0.4 is 0 Å². The molecule has 0 aliphatic carbocycles. The lowest BCUT2D eigenvalue weighted by Crippen LogP contribution is -2.13. The van der Waals surface area contributed by atoms with Crippen molar-refractivity contribution in [1.82, 2.24) is 0 Å². The van der Waals surface area contributed by atoms with E-state index in [-0.39, 0.29) is 12.4 Å². The maximum atomic E-state index is 12.9. The van der Waals surface area contributed by atoms with Crippen LogP contribution in [0.4, 0.5) is 4.39 Å². The van der Waals surface area contributed by atoms with E-state index in [2.05, 4.69) is 4.74 Å². The van der Waals surface area contributed by atoms with Crippen LogP contribution >= 0.6 is 11.8 Å². The van der Waals surface area contributed by atoms with Gasteiger partial charge in [-0.25, -0.2) is 9.18 Å². The highest BCUT2D eigenvalue weighted by molar-refractivity contribution is 8.15. The second-order valence-corrected chi connectivity index (χ2v) is 4.07. The van der Waals surface area contributed by atoms with Crippen LogP contribution in [0.25, 0.3) is 0 Å². The minimum Gasteiger partial charge on any atom is -0.460 e.